The van der Waals surface area contributed by atoms with Gasteiger partial charge in [0, 0.05) is 16.3 Å². The van der Waals surface area contributed by atoms with E-state index in [4.69, 9.17) is 9.15 Å². The number of methoxy groups -OCH3 is 1. The van der Waals surface area contributed by atoms with Gasteiger partial charge in [-0.2, -0.15) is 0 Å². The molecule has 0 unspecified atom stereocenters. The number of guanidine groups is 1. The van der Waals surface area contributed by atoms with Crippen LogP contribution in [-0.2, 0) is 24.2 Å². The summed E-state index contributed by atoms with van der Waals surface area (Å²) in [5.74, 6) is 1.48. The van der Waals surface area contributed by atoms with Crippen LogP contribution in [0.2, 0.25) is 0 Å². The maximum atomic E-state index is 11.6. The molecule has 0 saturated carbocycles. The van der Waals surface area contributed by atoms with Crippen LogP contribution in [0.15, 0.2) is 27.6 Å². The van der Waals surface area contributed by atoms with Crippen molar-refractivity contribution < 1.29 is 13.9 Å². The second kappa shape index (κ2) is 9.27. The van der Waals surface area contributed by atoms with E-state index in [-0.39, 0.29) is 0 Å². The first-order valence-corrected chi connectivity index (χ1v) is 9.16. The molecule has 2 N–H and O–H groups in total. The zero-order valence-corrected chi connectivity index (χ0v) is 16.0. The van der Waals surface area contributed by atoms with Crippen molar-refractivity contribution in [2.24, 2.45) is 4.99 Å². The Morgan fingerprint density at radius 1 is 1.28 bits per heavy atom. The fourth-order valence-corrected chi connectivity index (χ4v) is 3.21. The second-order valence-corrected chi connectivity index (χ2v) is 6.70. The van der Waals surface area contributed by atoms with E-state index in [0.717, 1.165) is 19.5 Å². The minimum absolute atomic E-state index is 0.345. The number of hydrogen-bond acceptors (Lipinski definition) is 5. The summed E-state index contributed by atoms with van der Waals surface area (Å²) in [6.07, 6.45) is 1.05. The smallest absolute Gasteiger partial charge is 0.341 e. The predicted octanol–water partition coefficient (Wildman–Crippen LogP) is 3.25. The minimum Gasteiger partial charge on any atom is -0.465 e. The van der Waals surface area contributed by atoms with Gasteiger partial charge in [-0.15, -0.1) is 11.3 Å². The lowest BCUT2D eigenvalue weighted by Crippen LogP contribution is -2.36. The van der Waals surface area contributed by atoms with Crippen LogP contribution in [-0.4, -0.2) is 25.6 Å². The normalized spacial score (nSPS) is 11.4. The van der Waals surface area contributed by atoms with Crippen LogP contribution >= 0.6 is 11.3 Å². The molecule has 0 aliphatic rings. The Morgan fingerprint density at radius 3 is 2.68 bits per heavy atom. The number of rotatable bonds is 7. The Labute approximate surface area is 152 Å². The molecule has 0 aliphatic carbocycles. The van der Waals surface area contributed by atoms with E-state index in [1.54, 1.807) is 24.3 Å². The Kier molecular flexibility index (Phi) is 7.06. The zero-order valence-electron chi connectivity index (χ0n) is 15.1. The van der Waals surface area contributed by atoms with Gasteiger partial charge >= 0.3 is 5.97 Å². The van der Waals surface area contributed by atoms with Gasteiger partial charge < -0.3 is 19.8 Å². The van der Waals surface area contributed by atoms with E-state index < -0.39 is 5.97 Å². The van der Waals surface area contributed by atoms with Gasteiger partial charge in [0.1, 0.15) is 23.6 Å². The molecule has 0 bridgehead atoms. The molecule has 2 heterocycles. The lowest BCUT2D eigenvalue weighted by molar-refractivity contribution is 0.0599. The average Bonchev–Trinajstić information content (AvgIpc) is 3.23. The topological polar surface area (TPSA) is 75.9 Å². The molecule has 0 radical (unpaired) electrons. The molecular formula is C18H25N3O3S. The summed E-state index contributed by atoms with van der Waals surface area (Å²) in [7, 11) is 1.36. The van der Waals surface area contributed by atoms with Gasteiger partial charge in [-0.3, -0.25) is 0 Å². The van der Waals surface area contributed by atoms with Gasteiger partial charge in [0.05, 0.1) is 13.7 Å². The molecule has 136 valence electrons. The lowest BCUT2D eigenvalue weighted by Gasteiger charge is -2.09. The SMILES string of the molecule is CCNC(=NCc1cc(C(=O)OC)c(C)o1)NCc1ccc(CC)s1. The Morgan fingerprint density at radius 2 is 2.04 bits per heavy atom. The largest absolute Gasteiger partial charge is 0.465 e. The highest BCUT2D eigenvalue weighted by Gasteiger charge is 2.15. The van der Waals surface area contributed by atoms with E-state index in [1.807, 2.05) is 6.92 Å². The van der Waals surface area contributed by atoms with Crippen LogP contribution in [0.5, 0.6) is 0 Å². The summed E-state index contributed by atoms with van der Waals surface area (Å²) in [4.78, 5) is 18.8. The van der Waals surface area contributed by atoms with Gasteiger partial charge in [0.2, 0.25) is 0 Å². The number of nitrogens with one attached hydrogen (secondary N) is 2. The van der Waals surface area contributed by atoms with Crippen molar-refractivity contribution in [2.45, 2.75) is 40.3 Å². The standard InChI is InChI=1S/C18H25N3O3S/c1-5-14-7-8-15(25-14)11-21-18(19-6-2)20-10-13-9-16(12(3)24-13)17(22)23-4/h7-9H,5-6,10-11H2,1-4H3,(H2,19,20,21). The maximum absolute atomic E-state index is 11.6. The maximum Gasteiger partial charge on any atom is 0.341 e. The van der Waals surface area contributed by atoms with Gasteiger partial charge in [-0.25, -0.2) is 9.79 Å². The molecule has 0 aliphatic heterocycles. The zero-order chi connectivity index (χ0) is 18.2. The fraction of sp³-hybridized carbons (Fsp3) is 0.444. The number of thiophene rings is 1. The summed E-state index contributed by atoms with van der Waals surface area (Å²) in [6.45, 7) is 7.75. The van der Waals surface area contributed by atoms with Crippen molar-refractivity contribution in [2.75, 3.05) is 13.7 Å². The van der Waals surface area contributed by atoms with Gasteiger partial charge in [0.15, 0.2) is 5.96 Å². The average molecular weight is 363 g/mol. The number of ether oxygens (including phenoxy) is 1. The molecule has 6 nitrogen and oxygen atoms in total. The number of nitrogens with zero attached hydrogens (tertiary/aromatic N) is 1. The van der Waals surface area contributed by atoms with E-state index >= 15 is 0 Å². The summed E-state index contributed by atoms with van der Waals surface area (Å²) >= 11 is 1.80. The van der Waals surface area contributed by atoms with Crippen molar-refractivity contribution in [1.29, 1.82) is 0 Å². The van der Waals surface area contributed by atoms with Crippen molar-refractivity contribution >= 4 is 23.3 Å². The Bertz CT molecular complexity index is 734. The summed E-state index contributed by atoms with van der Waals surface area (Å²) < 4.78 is 10.3. The number of aliphatic imine (C=N–C) groups is 1. The van der Waals surface area contributed by atoms with Crippen molar-refractivity contribution in [3.05, 3.63) is 45.0 Å². The van der Waals surface area contributed by atoms with Crippen LogP contribution in [0.3, 0.4) is 0 Å². The molecule has 25 heavy (non-hydrogen) atoms. The van der Waals surface area contributed by atoms with E-state index in [2.05, 4.69) is 34.7 Å². The number of aryl methyl sites for hydroxylation is 2. The summed E-state index contributed by atoms with van der Waals surface area (Å²) in [5, 5.41) is 6.53. The third-order valence-corrected chi connectivity index (χ3v) is 4.84. The van der Waals surface area contributed by atoms with E-state index in [9.17, 15) is 4.79 Å². The van der Waals surface area contributed by atoms with E-state index in [0.29, 0.717) is 29.6 Å². The van der Waals surface area contributed by atoms with Crippen LogP contribution < -0.4 is 10.6 Å². The highest BCUT2D eigenvalue weighted by Crippen LogP contribution is 2.17. The third kappa shape index (κ3) is 5.35. The quantitative estimate of drug-likeness (QED) is 0.449. The number of carbonyl (C=O) groups is 1. The van der Waals surface area contributed by atoms with Gasteiger partial charge in [0.25, 0.3) is 0 Å². The molecule has 0 aromatic carbocycles. The summed E-state index contributed by atoms with van der Waals surface area (Å²) in [6, 6.07) is 5.98. The van der Waals surface area contributed by atoms with Crippen molar-refractivity contribution in [1.82, 2.24) is 10.6 Å². The van der Waals surface area contributed by atoms with Gasteiger partial charge in [-0.05, 0) is 38.5 Å². The van der Waals surface area contributed by atoms with Crippen molar-refractivity contribution in [3.8, 4) is 0 Å². The first kappa shape index (κ1) is 19.1. The summed E-state index contributed by atoms with van der Waals surface area (Å²) in [5.41, 5.74) is 0.441. The first-order valence-electron chi connectivity index (χ1n) is 8.34. The molecule has 0 spiro atoms. The molecular weight excluding hydrogens is 338 g/mol. The Hall–Kier alpha value is -2.28. The number of furan rings is 1. The monoisotopic (exact) mass is 363 g/mol. The predicted molar refractivity (Wildman–Crippen MR) is 100 cm³/mol. The van der Waals surface area contributed by atoms with Crippen LogP contribution in [0, 0.1) is 6.92 Å². The molecule has 2 aromatic rings. The minimum atomic E-state index is -0.397. The molecule has 2 aromatic heterocycles. The van der Waals surface area contributed by atoms with Gasteiger partial charge in [-0.1, -0.05) is 6.92 Å². The molecule has 0 saturated heterocycles. The third-order valence-electron chi connectivity index (χ3n) is 3.61. The molecule has 7 heteroatoms. The van der Waals surface area contributed by atoms with Crippen LogP contribution in [0.1, 0.15) is 45.5 Å². The number of esters is 1. The van der Waals surface area contributed by atoms with Crippen LogP contribution in [0.25, 0.3) is 0 Å². The Balaban J connectivity index is 2.00. The van der Waals surface area contributed by atoms with Crippen molar-refractivity contribution in [3.63, 3.8) is 0 Å². The number of carbonyl (C=O) groups excluding carboxylic acids is 1. The lowest BCUT2D eigenvalue weighted by atomic mass is 10.2. The second-order valence-electron chi connectivity index (χ2n) is 5.44. The molecule has 2 rings (SSSR count). The number of hydrogen-bond donors (Lipinski definition) is 2. The first-order chi connectivity index (χ1) is 12.1. The fourth-order valence-electron chi connectivity index (χ4n) is 2.31. The highest BCUT2D eigenvalue weighted by molar-refractivity contribution is 7.11. The molecule has 0 amide bonds. The molecule has 0 fully saturated rings. The van der Waals surface area contributed by atoms with Crippen LogP contribution in [0.4, 0.5) is 0 Å². The highest BCUT2D eigenvalue weighted by atomic mass is 32.1. The molecule has 0 atom stereocenters. The van der Waals surface area contributed by atoms with E-state index in [1.165, 1.54) is 16.9 Å².